The van der Waals surface area contributed by atoms with Crippen molar-refractivity contribution in [2.45, 2.75) is 31.0 Å². The molecule has 0 aromatic heterocycles. The van der Waals surface area contributed by atoms with E-state index in [-0.39, 0.29) is 44.7 Å². The van der Waals surface area contributed by atoms with Crippen LogP contribution in [0.25, 0.3) is 11.1 Å². The number of carboxylic acids is 1. The predicted molar refractivity (Wildman–Crippen MR) is 122 cm³/mol. The number of carbonyl (C=O) groups excluding carboxylic acids is 2. The van der Waals surface area contributed by atoms with Crippen molar-refractivity contribution in [1.29, 1.82) is 0 Å². The highest BCUT2D eigenvalue weighted by molar-refractivity contribution is 5.79. The van der Waals surface area contributed by atoms with Crippen LogP contribution < -0.4 is 10.6 Å². The lowest BCUT2D eigenvalue weighted by atomic mass is 9.98. The van der Waals surface area contributed by atoms with Crippen molar-refractivity contribution >= 4 is 18.0 Å². The molecule has 4 rings (SSSR count). The summed E-state index contributed by atoms with van der Waals surface area (Å²) in [5, 5.41) is 24.2. The van der Waals surface area contributed by atoms with Crippen LogP contribution in [0, 0.1) is 5.92 Å². The van der Waals surface area contributed by atoms with E-state index in [9.17, 15) is 19.5 Å². The molecule has 0 spiro atoms. The average molecular weight is 469 g/mol. The van der Waals surface area contributed by atoms with Crippen LogP contribution in [0.2, 0.25) is 0 Å². The van der Waals surface area contributed by atoms with Crippen LogP contribution in [0.15, 0.2) is 48.5 Å². The summed E-state index contributed by atoms with van der Waals surface area (Å²) in [4.78, 5) is 35.1. The fourth-order valence-electron chi connectivity index (χ4n) is 4.46. The molecule has 34 heavy (non-hydrogen) atoms. The van der Waals surface area contributed by atoms with Crippen LogP contribution in [0.1, 0.15) is 29.9 Å². The maximum Gasteiger partial charge on any atom is 0.407 e. The van der Waals surface area contributed by atoms with E-state index in [0.717, 1.165) is 22.3 Å². The molecule has 0 saturated carbocycles. The molecular weight excluding hydrogens is 440 g/mol. The SMILES string of the molecule is O=C(CC(O)CNC(=O)OCC1c2ccccc2-c2ccccc21)NCC1CC(C(=O)O)CO1. The molecule has 2 aliphatic rings. The maximum absolute atomic E-state index is 12.2. The second-order valence-corrected chi connectivity index (χ2v) is 8.59. The predicted octanol–water partition coefficient (Wildman–Crippen LogP) is 1.88. The highest BCUT2D eigenvalue weighted by atomic mass is 16.5. The molecule has 2 aromatic carbocycles. The third-order valence-electron chi connectivity index (χ3n) is 6.20. The molecule has 9 heteroatoms. The fourth-order valence-corrected chi connectivity index (χ4v) is 4.46. The fraction of sp³-hybridized carbons (Fsp3) is 0.400. The van der Waals surface area contributed by atoms with E-state index in [1.54, 1.807) is 0 Å². The van der Waals surface area contributed by atoms with Gasteiger partial charge in [-0.2, -0.15) is 0 Å². The number of hydrogen-bond donors (Lipinski definition) is 4. The zero-order chi connectivity index (χ0) is 24.1. The molecule has 0 radical (unpaired) electrons. The first-order valence-corrected chi connectivity index (χ1v) is 11.3. The van der Waals surface area contributed by atoms with Crippen LogP contribution in [0.5, 0.6) is 0 Å². The summed E-state index contributed by atoms with van der Waals surface area (Å²) in [6.07, 6.45) is -1.99. The van der Waals surface area contributed by atoms with Gasteiger partial charge in [-0.15, -0.1) is 0 Å². The lowest BCUT2D eigenvalue weighted by Gasteiger charge is -2.16. The number of benzene rings is 2. The quantitative estimate of drug-likeness (QED) is 0.441. The monoisotopic (exact) mass is 468 g/mol. The summed E-state index contributed by atoms with van der Waals surface area (Å²) in [6, 6.07) is 16.1. The Morgan fingerprint density at radius 2 is 1.68 bits per heavy atom. The van der Waals surface area contributed by atoms with Gasteiger partial charge in [0.15, 0.2) is 0 Å². The van der Waals surface area contributed by atoms with Gasteiger partial charge in [0.1, 0.15) is 6.61 Å². The Balaban J connectivity index is 1.18. The molecule has 4 N–H and O–H groups in total. The Kier molecular flexibility index (Phi) is 7.44. The number of aliphatic carboxylic acids is 1. The Bertz CT molecular complexity index is 1010. The van der Waals surface area contributed by atoms with E-state index < -0.39 is 30.0 Å². The Morgan fingerprint density at radius 1 is 1.03 bits per heavy atom. The number of alkyl carbamates (subject to hydrolysis) is 1. The van der Waals surface area contributed by atoms with Crippen LogP contribution in [-0.4, -0.2) is 66.7 Å². The first-order chi connectivity index (χ1) is 16.4. The summed E-state index contributed by atoms with van der Waals surface area (Å²) >= 11 is 0. The highest BCUT2D eigenvalue weighted by Gasteiger charge is 2.31. The molecule has 1 aliphatic carbocycles. The first-order valence-electron chi connectivity index (χ1n) is 11.3. The average Bonchev–Trinajstić information content (AvgIpc) is 3.43. The molecule has 1 aliphatic heterocycles. The van der Waals surface area contributed by atoms with Gasteiger partial charge in [0.2, 0.25) is 5.91 Å². The second kappa shape index (κ2) is 10.7. The largest absolute Gasteiger partial charge is 0.481 e. The van der Waals surface area contributed by atoms with Crippen LogP contribution in [0.3, 0.4) is 0 Å². The number of rotatable bonds is 9. The van der Waals surface area contributed by atoms with Crippen molar-refractivity contribution in [3.63, 3.8) is 0 Å². The molecule has 3 unspecified atom stereocenters. The van der Waals surface area contributed by atoms with Crippen molar-refractivity contribution in [3.8, 4) is 11.1 Å². The van der Waals surface area contributed by atoms with Gasteiger partial charge in [-0.25, -0.2) is 4.79 Å². The summed E-state index contributed by atoms with van der Waals surface area (Å²) in [5.74, 6) is -1.95. The molecule has 0 bridgehead atoms. The third kappa shape index (κ3) is 5.55. The molecule has 3 atom stereocenters. The lowest BCUT2D eigenvalue weighted by Crippen LogP contribution is -2.38. The highest BCUT2D eigenvalue weighted by Crippen LogP contribution is 2.44. The van der Waals surface area contributed by atoms with E-state index in [4.69, 9.17) is 14.6 Å². The van der Waals surface area contributed by atoms with Gasteiger partial charge in [0.25, 0.3) is 0 Å². The van der Waals surface area contributed by atoms with Gasteiger partial charge in [-0.1, -0.05) is 48.5 Å². The maximum atomic E-state index is 12.2. The van der Waals surface area contributed by atoms with E-state index >= 15 is 0 Å². The minimum Gasteiger partial charge on any atom is -0.481 e. The van der Waals surface area contributed by atoms with Gasteiger partial charge in [-0.05, 0) is 28.7 Å². The van der Waals surface area contributed by atoms with Gasteiger partial charge in [-0.3, -0.25) is 9.59 Å². The standard InChI is InChI=1S/C25H28N2O7/c28-16(10-23(29)26-12-17-9-15(13-33-17)24(30)31)11-27-25(32)34-14-22-20-7-3-1-5-18(20)19-6-2-4-8-21(19)22/h1-8,15-17,22,28H,9-14H2,(H,26,29)(H,27,32)(H,30,31). The van der Waals surface area contributed by atoms with Crippen LogP contribution >= 0.6 is 0 Å². The Hall–Kier alpha value is -3.43. The molecule has 1 fully saturated rings. The van der Waals surface area contributed by atoms with Crippen molar-refractivity contribution < 1.29 is 34.1 Å². The number of nitrogens with one attached hydrogen (secondary N) is 2. The lowest BCUT2D eigenvalue weighted by molar-refractivity contribution is -0.141. The normalized spacial score (nSPS) is 19.7. The van der Waals surface area contributed by atoms with E-state index in [1.165, 1.54) is 0 Å². The minimum atomic E-state index is -1.09. The number of aliphatic hydroxyl groups is 1. The van der Waals surface area contributed by atoms with Crippen molar-refractivity contribution in [3.05, 3.63) is 59.7 Å². The summed E-state index contributed by atoms with van der Waals surface area (Å²) in [7, 11) is 0. The summed E-state index contributed by atoms with van der Waals surface area (Å²) in [6.45, 7) is 0.331. The molecule has 2 amide bonds. The minimum absolute atomic E-state index is 0.0626. The number of aliphatic hydroxyl groups excluding tert-OH is 1. The van der Waals surface area contributed by atoms with Gasteiger partial charge < -0.3 is 30.3 Å². The summed E-state index contributed by atoms with van der Waals surface area (Å²) < 4.78 is 10.8. The Morgan fingerprint density at radius 3 is 2.29 bits per heavy atom. The van der Waals surface area contributed by atoms with Crippen molar-refractivity contribution in [2.24, 2.45) is 5.92 Å². The molecular formula is C25H28N2O7. The number of ether oxygens (including phenoxy) is 2. The van der Waals surface area contributed by atoms with E-state index in [0.29, 0.717) is 6.42 Å². The van der Waals surface area contributed by atoms with Crippen molar-refractivity contribution in [1.82, 2.24) is 10.6 Å². The first kappa shape index (κ1) is 23.7. The van der Waals surface area contributed by atoms with Gasteiger partial charge in [0.05, 0.1) is 31.2 Å². The summed E-state index contributed by atoms with van der Waals surface area (Å²) in [5.41, 5.74) is 4.48. The number of carboxylic acid groups (broad SMARTS) is 1. The van der Waals surface area contributed by atoms with Gasteiger partial charge >= 0.3 is 12.1 Å². The number of carbonyl (C=O) groups is 3. The zero-order valence-electron chi connectivity index (χ0n) is 18.6. The zero-order valence-corrected chi connectivity index (χ0v) is 18.6. The number of hydrogen-bond acceptors (Lipinski definition) is 6. The molecule has 2 aromatic rings. The molecule has 9 nitrogen and oxygen atoms in total. The molecule has 1 heterocycles. The third-order valence-corrected chi connectivity index (χ3v) is 6.20. The molecule has 1 saturated heterocycles. The van der Waals surface area contributed by atoms with Crippen molar-refractivity contribution in [2.75, 3.05) is 26.3 Å². The van der Waals surface area contributed by atoms with Gasteiger partial charge in [0, 0.05) is 19.0 Å². The van der Waals surface area contributed by atoms with E-state index in [2.05, 4.69) is 22.8 Å². The second-order valence-electron chi connectivity index (χ2n) is 8.59. The topological polar surface area (TPSA) is 134 Å². The number of fused-ring (bicyclic) bond motifs is 3. The van der Waals surface area contributed by atoms with Crippen LogP contribution in [-0.2, 0) is 19.1 Å². The number of amides is 2. The smallest absolute Gasteiger partial charge is 0.407 e. The Labute approximate surface area is 197 Å². The molecule has 180 valence electrons. The van der Waals surface area contributed by atoms with E-state index in [1.807, 2.05) is 36.4 Å². The van der Waals surface area contributed by atoms with Crippen LogP contribution in [0.4, 0.5) is 4.79 Å².